The number of methoxy groups -OCH3 is 2. The van der Waals surface area contributed by atoms with Crippen LogP contribution in [0.1, 0.15) is 15.9 Å². The van der Waals surface area contributed by atoms with Crippen LogP contribution < -0.4 is 14.8 Å². The van der Waals surface area contributed by atoms with E-state index in [2.05, 4.69) is 0 Å². The van der Waals surface area contributed by atoms with Gasteiger partial charge < -0.3 is 14.4 Å². The second kappa shape index (κ2) is 6.34. The first-order chi connectivity index (χ1) is 10.4. The van der Waals surface area contributed by atoms with Gasteiger partial charge in [0.05, 0.1) is 14.2 Å². The van der Waals surface area contributed by atoms with E-state index in [0.29, 0.717) is 11.5 Å². The van der Waals surface area contributed by atoms with Gasteiger partial charge in [-0.3, -0.25) is 9.36 Å². The van der Waals surface area contributed by atoms with Gasteiger partial charge in [-0.15, -0.1) is 0 Å². The molecular formula is C16H17O5P. The number of hydrogen-bond acceptors (Lipinski definition) is 4. The summed E-state index contributed by atoms with van der Waals surface area (Å²) in [5.74, 6) is 0.284. The third-order valence-corrected chi connectivity index (χ3v) is 4.53. The van der Waals surface area contributed by atoms with Gasteiger partial charge >= 0.3 is 0 Å². The summed E-state index contributed by atoms with van der Waals surface area (Å²) in [4.78, 5) is 22.7. The summed E-state index contributed by atoms with van der Waals surface area (Å²) < 4.78 is 22.5. The lowest BCUT2D eigenvalue weighted by Crippen LogP contribution is -2.17. The molecule has 0 bridgehead atoms. The van der Waals surface area contributed by atoms with Crippen molar-refractivity contribution in [3.63, 3.8) is 0 Å². The molecule has 0 radical (unpaired) electrons. The standard InChI is InChI=1S/C16H17O5P/c1-20-12-8-6-9-13(21-2)15(12)16(17)11-7-4-5-10-14(11)22(3,18)19/h4-10H,1-3H3,(H,18,19). The van der Waals surface area contributed by atoms with Crippen molar-refractivity contribution in [2.24, 2.45) is 0 Å². The van der Waals surface area contributed by atoms with E-state index in [4.69, 9.17) is 9.47 Å². The van der Waals surface area contributed by atoms with Crippen LogP contribution in [-0.2, 0) is 4.57 Å². The molecule has 0 aliphatic heterocycles. The van der Waals surface area contributed by atoms with Crippen LogP contribution in [0.3, 0.4) is 0 Å². The minimum Gasteiger partial charge on any atom is -0.496 e. The second-order valence-corrected chi connectivity index (χ2v) is 7.00. The molecule has 0 saturated carbocycles. The lowest BCUT2D eigenvalue weighted by molar-refractivity contribution is 0.103. The highest BCUT2D eigenvalue weighted by Gasteiger charge is 2.26. The second-order valence-electron chi connectivity index (χ2n) is 4.76. The van der Waals surface area contributed by atoms with Crippen molar-refractivity contribution in [1.82, 2.24) is 0 Å². The molecule has 0 saturated heterocycles. The van der Waals surface area contributed by atoms with Gasteiger partial charge in [0, 0.05) is 17.5 Å². The Hall–Kier alpha value is -2.10. The van der Waals surface area contributed by atoms with Crippen LogP contribution in [0.2, 0.25) is 0 Å². The minimum absolute atomic E-state index is 0.118. The molecule has 0 amide bonds. The van der Waals surface area contributed by atoms with E-state index in [1.54, 1.807) is 30.3 Å². The molecular weight excluding hydrogens is 303 g/mol. The average Bonchev–Trinajstić information content (AvgIpc) is 2.52. The van der Waals surface area contributed by atoms with Crippen molar-refractivity contribution in [2.45, 2.75) is 0 Å². The van der Waals surface area contributed by atoms with E-state index >= 15 is 0 Å². The van der Waals surface area contributed by atoms with Gasteiger partial charge in [-0.2, -0.15) is 0 Å². The van der Waals surface area contributed by atoms with Gasteiger partial charge in [-0.1, -0.05) is 24.3 Å². The molecule has 6 heteroatoms. The van der Waals surface area contributed by atoms with Crippen molar-refractivity contribution < 1.29 is 23.7 Å². The van der Waals surface area contributed by atoms with Crippen LogP contribution in [0.5, 0.6) is 11.5 Å². The third-order valence-electron chi connectivity index (χ3n) is 3.25. The van der Waals surface area contributed by atoms with E-state index in [1.807, 2.05) is 0 Å². The molecule has 2 rings (SSSR count). The lowest BCUT2D eigenvalue weighted by atomic mass is 10.0. The maximum absolute atomic E-state index is 12.9. The molecule has 22 heavy (non-hydrogen) atoms. The van der Waals surface area contributed by atoms with E-state index in [-0.39, 0.29) is 16.4 Å². The summed E-state index contributed by atoms with van der Waals surface area (Å²) in [6, 6.07) is 11.3. The summed E-state index contributed by atoms with van der Waals surface area (Å²) in [6.45, 7) is 1.21. The molecule has 1 atom stereocenters. The first kappa shape index (κ1) is 16.3. The average molecular weight is 320 g/mol. The SMILES string of the molecule is COc1cccc(OC)c1C(=O)c1ccccc1P(C)(=O)O. The van der Waals surface area contributed by atoms with Gasteiger partial charge in [-0.05, 0) is 18.2 Å². The number of benzene rings is 2. The zero-order valence-corrected chi connectivity index (χ0v) is 13.5. The maximum atomic E-state index is 12.9. The number of ketones is 1. The molecule has 0 aliphatic rings. The molecule has 2 aromatic carbocycles. The highest BCUT2D eigenvalue weighted by Crippen LogP contribution is 2.37. The van der Waals surface area contributed by atoms with Crippen LogP contribution in [-0.4, -0.2) is 31.6 Å². The van der Waals surface area contributed by atoms with Crippen molar-refractivity contribution in [3.05, 3.63) is 53.6 Å². The van der Waals surface area contributed by atoms with Crippen molar-refractivity contribution in [2.75, 3.05) is 20.9 Å². The van der Waals surface area contributed by atoms with E-state index in [9.17, 15) is 14.3 Å². The van der Waals surface area contributed by atoms with Gasteiger partial charge in [0.1, 0.15) is 17.1 Å². The maximum Gasteiger partial charge on any atom is 0.227 e. The van der Waals surface area contributed by atoms with E-state index < -0.39 is 13.2 Å². The zero-order valence-electron chi connectivity index (χ0n) is 12.6. The highest BCUT2D eigenvalue weighted by atomic mass is 31.2. The molecule has 2 aromatic rings. The first-order valence-corrected chi connectivity index (χ1v) is 8.66. The Kier molecular flexibility index (Phi) is 4.69. The van der Waals surface area contributed by atoms with Crippen molar-refractivity contribution in [1.29, 1.82) is 0 Å². The van der Waals surface area contributed by atoms with Gasteiger partial charge in [-0.25, -0.2) is 0 Å². The number of carbonyl (C=O) groups excluding carboxylic acids is 1. The van der Waals surface area contributed by atoms with Crippen LogP contribution in [0.4, 0.5) is 0 Å². The number of hydrogen-bond donors (Lipinski definition) is 1. The van der Waals surface area contributed by atoms with Crippen molar-refractivity contribution >= 4 is 18.5 Å². The summed E-state index contributed by atoms with van der Waals surface area (Å²) >= 11 is 0. The number of ether oxygens (including phenoxy) is 2. The molecule has 1 unspecified atom stereocenters. The smallest absolute Gasteiger partial charge is 0.227 e. The van der Waals surface area contributed by atoms with E-state index in [0.717, 1.165) is 0 Å². The fourth-order valence-corrected chi connectivity index (χ4v) is 3.22. The fourth-order valence-electron chi connectivity index (χ4n) is 2.24. The number of carbonyl (C=O) groups is 1. The summed E-state index contributed by atoms with van der Waals surface area (Å²) in [6.07, 6.45) is 0. The molecule has 0 fully saturated rings. The molecule has 0 heterocycles. The molecule has 5 nitrogen and oxygen atoms in total. The Bertz CT molecular complexity index is 726. The summed E-state index contributed by atoms with van der Waals surface area (Å²) in [5.41, 5.74) is 0.395. The predicted octanol–water partition coefficient (Wildman–Crippen LogP) is 2.46. The monoisotopic (exact) mass is 320 g/mol. The molecule has 0 aromatic heterocycles. The first-order valence-electron chi connectivity index (χ1n) is 6.55. The van der Waals surface area contributed by atoms with E-state index in [1.165, 1.54) is 33.0 Å². The van der Waals surface area contributed by atoms with Gasteiger partial charge in [0.25, 0.3) is 0 Å². The third kappa shape index (κ3) is 3.06. The largest absolute Gasteiger partial charge is 0.496 e. The van der Waals surface area contributed by atoms with Crippen LogP contribution in [0.15, 0.2) is 42.5 Å². The zero-order chi connectivity index (χ0) is 16.3. The Morgan fingerprint density at radius 1 is 1.00 bits per heavy atom. The number of rotatable bonds is 5. The Morgan fingerprint density at radius 3 is 2.05 bits per heavy atom. The quantitative estimate of drug-likeness (QED) is 0.677. The van der Waals surface area contributed by atoms with Crippen LogP contribution >= 0.6 is 7.37 Å². The Labute approximate surface area is 129 Å². The molecule has 116 valence electrons. The van der Waals surface area contributed by atoms with Gasteiger partial charge in [0.2, 0.25) is 13.2 Å². The molecule has 1 N–H and O–H groups in total. The van der Waals surface area contributed by atoms with Gasteiger partial charge in [0.15, 0.2) is 0 Å². The van der Waals surface area contributed by atoms with Crippen LogP contribution in [0.25, 0.3) is 0 Å². The molecule has 0 spiro atoms. The summed E-state index contributed by atoms with van der Waals surface area (Å²) in [7, 11) is -0.674. The van der Waals surface area contributed by atoms with Crippen molar-refractivity contribution in [3.8, 4) is 11.5 Å². The highest BCUT2D eigenvalue weighted by molar-refractivity contribution is 7.65. The topological polar surface area (TPSA) is 72.8 Å². The normalized spacial score (nSPS) is 13.3. The predicted molar refractivity (Wildman–Crippen MR) is 84.8 cm³/mol. The minimum atomic E-state index is -3.58. The molecule has 0 aliphatic carbocycles. The lowest BCUT2D eigenvalue weighted by Gasteiger charge is -2.15. The Morgan fingerprint density at radius 2 is 1.55 bits per heavy atom. The van der Waals surface area contributed by atoms with Crippen LogP contribution in [0, 0.1) is 0 Å². The Balaban J connectivity index is 2.67. The summed E-state index contributed by atoms with van der Waals surface area (Å²) in [5, 5.41) is 0.118. The fraction of sp³-hybridized carbons (Fsp3) is 0.188.